The molecule has 2 aromatic rings. The number of nitrogens with one attached hydrogen (secondary N) is 3. The van der Waals surface area contributed by atoms with Gasteiger partial charge >= 0.3 is 5.97 Å². The van der Waals surface area contributed by atoms with Crippen LogP contribution >= 0.6 is 0 Å². The number of pyridine rings is 1. The maximum Gasteiger partial charge on any atom is 0.305 e. The number of nitrogens with zero attached hydrogens (tertiary/aromatic N) is 3. The van der Waals surface area contributed by atoms with Crippen LogP contribution in [0, 0.1) is 11.8 Å². The van der Waals surface area contributed by atoms with E-state index < -0.39 is 29.4 Å². The third-order valence-electron chi connectivity index (χ3n) is 6.22. The number of carbonyl (C=O) groups excluding carboxylic acids is 4. The van der Waals surface area contributed by atoms with Crippen molar-refractivity contribution in [1.29, 1.82) is 0 Å². The minimum atomic E-state index is -1.14. The smallest absolute Gasteiger partial charge is 0.305 e. The first-order valence-corrected chi connectivity index (χ1v) is 13.2. The van der Waals surface area contributed by atoms with Crippen molar-refractivity contribution in [2.45, 2.75) is 66.0 Å². The summed E-state index contributed by atoms with van der Waals surface area (Å²) in [4.78, 5) is 67.4. The Morgan fingerprint density at radius 1 is 1.13 bits per heavy atom. The van der Waals surface area contributed by atoms with Crippen LogP contribution in [0.5, 0.6) is 0 Å². The van der Waals surface area contributed by atoms with Gasteiger partial charge in [-0.3, -0.25) is 24.0 Å². The van der Waals surface area contributed by atoms with E-state index in [1.54, 1.807) is 7.05 Å². The highest BCUT2D eigenvalue weighted by atomic mass is 16.5. The van der Waals surface area contributed by atoms with E-state index >= 15 is 0 Å². The first-order chi connectivity index (χ1) is 18.5. The minimum absolute atomic E-state index is 0.0498. The molecular formula is C27H40N6O6. The van der Waals surface area contributed by atoms with Crippen LogP contribution in [0.2, 0.25) is 0 Å². The van der Waals surface area contributed by atoms with Crippen LogP contribution in [-0.4, -0.2) is 57.0 Å². The van der Waals surface area contributed by atoms with E-state index in [1.807, 2.05) is 13.8 Å². The number of rotatable bonds is 15. The summed E-state index contributed by atoms with van der Waals surface area (Å²) in [7, 11) is 1.63. The van der Waals surface area contributed by atoms with Gasteiger partial charge in [-0.05, 0) is 30.4 Å². The van der Waals surface area contributed by atoms with E-state index in [4.69, 9.17) is 4.74 Å². The van der Waals surface area contributed by atoms with E-state index in [2.05, 4.69) is 34.8 Å². The summed E-state index contributed by atoms with van der Waals surface area (Å²) in [6.45, 7) is 8.48. The molecule has 0 aliphatic rings. The average Bonchev–Trinajstić information content (AvgIpc) is 3.33. The zero-order valence-corrected chi connectivity index (χ0v) is 23.4. The second-order valence-electron chi connectivity index (χ2n) is 9.86. The highest BCUT2D eigenvalue weighted by Gasteiger charge is 2.25. The second kappa shape index (κ2) is 15.5. The van der Waals surface area contributed by atoms with Gasteiger partial charge < -0.3 is 29.8 Å². The summed E-state index contributed by atoms with van der Waals surface area (Å²) in [5.74, 6) is -1.55. The molecule has 0 bridgehead atoms. The van der Waals surface area contributed by atoms with Gasteiger partial charge in [0.2, 0.25) is 11.8 Å². The van der Waals surface area contributed by atoms with Crippen molar-refractivity contribution in [3.05, 3.63) is 46.9 Å². The molecule has 0 saturated carbocycles. The summed E-state index contributed by atoms with van der Waals surface area (Å²) in [6, 6.07) is 1.81. The van der Waals surface area contributed by atoms with Crippen LogP contribution in [0.15, 0.2) is 35.6 Å². The molecule has 12 nitrogen and oxygen atoms in total. The van der Waals surface area contributed by atoms with Crippen molar-refractivity contribution in [1.82, 2.24) is 24.8 Å². The third kappa shape index (κ3) is 10.0. The number of hydrogen-bond acceptors (Lipinski definition) is 7. The Hall–Kier alpha value is -3.96. The van der Waals surface area contributed by atoms with Crippen LogP contribution < -0.4 is 21.5 Å². The van der Waals surface area contributed by atoms with Crippen molar-refractivity contribution in [2.75, 3.05) is 18.5 Å². The first-order valence-electron chi connectivity index (χ1n) is 13.2. The second-order valence-corrected chi connectivity index (χ2v) is 9.86. The molecule has 0 aliphatic heterocycles. The van der Waals surface area contributed by atoms with E-state index in [9.17, 15) is 24.0 Å². The minimum Gasteiger partial charge on any atom is -0.465 e. The average molecular weight is 545 g/mol. The van der Waals surface area contributed by atoms with Crippen molar-refractivity contribution >= 4 is 29.4 Å². The standard InChI is InChI=1S/C27H40N6O6/c1-6-19(7-2)13-29-23(34)15-33-12-8-9-21(27(33)38)31-25(36)20(10-11-24(35)39-16-18(3)4)30-26(37)22-14-28-17-32(22)5/h8-9,12,14,17-20H,6-7,10-11,13,15-16H2,1-5H3,(H,29,34)(H,30,37)(H,31,36). The van der Waals surface area contributed by atoms with Gasteiger partial charge in [0, 0.05) is 26.2 Å². The van der Waals surface area contributed by atoms with Crippen LogP contribution in [0.3, 0.4) is 0 Å². The molecule has 2 heterocycles. The Bertz CT molecular complexity index is 1180. The number of carbonyl (C=O) groups is 4. The molecule has 1 unspecified atom stereocenters. The van der Waals surface area contributed by atoms with Gasteiger partial charge in [-0.1, -0.05) is 40.5 Å². The molecule has 2 aromatic heterocycles. The lowest BCUT2D eigenvalue weighted by Crippen LogP contribution is -2.45. The van der Waals surface area contributed by atoms with Crippen LogP contribution in [0.25, 0.3) is 0 Å². The predicted octanol–water partition coefficient (Wildman–Crippen LogP) is 1.85. The fourth-order valence-corrected chi connectivity index (χ4v) is 3.69. The summed E-state index contributed by atoms with van der Waals surface area (Å²) in [5.41, 5.74) is -0.411. The number of ether oxygens (including phenoxy) is 1. The molecule has 1 atom stereocenters. The lowest BCUT2D eigenvalue weighted by molar-refractivity contribution is -0.145. The SMILES string of the molecule is CCC(CC)CNC(=O)Cn1cccc(NC(=O)C(CCC(=O)OCC(C)C)NC(=O)c2cncn2C)c1=O. The molecule has 3 N–H and O–H groups in total. The Morgan fingerprint density at radius 3 is 2.46 bits per heavy atom. The van der Waals surface area contributed by atoms with Gasteiger partial charge in [-0.15, -0.1) is 0 Å². The monoisotopic (exact) mass is 544 g/mol. The maximum atomic E-state index is 13.2. The third-order valence-corrected chi connectivity index (χ3v) is 6.22. The molecular weight excluding hydrogens is 504 g/mol. The lowest BCUT2D eigenvalue weighted by Gasteiger charge is -2.19. The van der Waals surface area contributed by atoms with Gasteiger partial charge in [-0.2, -0.15) is 0 Å². The normalized spacial score (nSPS) is 11.8. The Balaban J connectivity index is 2.13. The van der Waals surface area contributed by atoms with Crippen molar-refractivity contribution in [2.24, 2.45) is 18.9 Å². The number of amides is 3. The quantitative estimate of drug-likeness (QED) is 0.289. The molecule has 0 radical (unpaired) electrons. The topological polar surface area (TPSA) is 153 Å². The fourth-order valence-electron chi connectivity index (χ4n) is 3.69. The molecule has 39 heavy (non-hydrogen) atoms. The zero-order chi connectivity index (χ0) is 28.9. The number of hydrogen-bond donors (Lipinski definition) is 3. The molecule has 0 fully saturated rings. The Kier molecular flexibility index (Phi) is 12.4. The largest absolute Gasteiger partial charge is 0.465 e. The highest BCUT2D eigenvalue weighted by molar-refractivity contribution is 6.00. The maximum absolute atomic E-state index is 13.2. The van der Waals surface area contributed by atoms with Gasteiger partial charge in [-0.25, -0.2) is 4.98 Å². The summed E-state index contributed by atoms with van der Waals surface area (Å²) in [6.07, 6.45) is 5.96. The van der Waals surface area contributed by atoms with E-state index in [1.165, 1.54) is 40.0 Å². The van der Waals surface area contributed by atoms with Crippen LogP contribution in [0.1, 0.15) is 63.9 Å². The van der Waals surface area contributed by atoms with Crippen LogP contribution in [0.4, 0.5) is 5.69 Å². The fraction of sp³-hybridized carbons (Fsp3) is 0.556. The number of anilines is 1. The molecule has 214 valence electrons. The lowest BCUT2D eigenvalue weighted by atomic mass is 10.0. The zero-order valence-electron chi connectivity index (χ0n) is 23.4. The molecule has 0 aromatic carbocycles. The van der Waals surface area contributed by atoms with Gasteiger partial charge in [0.1, 0.15) is 24.0 Å². The first kappa shape index (κ1) is 31.3. The van der Waals surface area contributed by atoms with Gasteiger partial charge in [0.15, 0.2) is 0 Å². The van der Waals surface area contributed by atoms with Crippen LogP contribution in [-0.2, 0) is 32.7 Å². The summed E-state index contributed by atoms with van der Waals surface area (Å²) < 4.78 is 7.87. The molecule has 0 spiro atoms. The van der Waals surface area contributed by atoms with Crippen molar-refractivity contribution in [3.8, 4) is 0 Å². The number of aryl methyl sites for hydroxylation is 1. The van der Waals surface area contributed by atoms with E-state index in [0.29, 0.717) is 12.5 Å². The molecule has 0 aliphatic carbocycles. The van der Waals surface area contributed by atoms with E-state index in [0.717, 1.165) is 12.8 Å². The number of esters is 1. The Labute approximate surface area is 228 Å². The molecule has 12 heteroatoms. The summed E-state index contributed by atoms with van der Waals surface area (Å²) in [5, 5.41) is 7.99. The molecule has 0 saturated heterocycles. The van der Waals surface area contributed by atoms with Crippen molar-refractivity contribution in [3.63, 3.8) is 0 Å². The number of imidazole rings is 1. The molecule has 3 amide bonds. The van der Waals surface area contributed by atoms with Crippen molar-refractivity contribution < 1.29 is 23.9 Å². The van der Waals surface area contributed by atoms with Gasteiger partial charge in [0.05, 0.1) is 19.1 Å². The summed E-state index contributed by atoms with van der Waals surface area (Å²) >= 11 is 0. The van der Waals surface area contributed by atoms with E-state index in [-0.39, 0.29) is 49.2 Å². The number of aromatic nitrogens is 3. The highest BCUT2D eigenvalue weighted by Crippen LogP contribution is 2.08. The predicted molar refractivity (Wildman–Crippen MR) is 146 cm³/mol. The Morgan fingerprint density at radius 2 is 1.85 bits per heavy atom. The molecule has 2 rings (SSSR count). The van der Waals surface area contributed by atoms with Gasteiger partial charge in [0.25, 0.3) is 11.5 Å².